The van der Waals surface area contributed by atoms with Crippen LogP contribution in [-0.4, -0.2) is 23.8 Å². The monoisotopic (exact) mass is 169 g/mol. The van der Waals surface area contributed by atoms with Gasteiger partial charge in [0.25, 0.3) is 0 Å². The quantitative estimate of drug-likeness (QED) is 0.484. The molecule has 0 unspecified atom stereocenters. The lowest BCUT2D eigenvalue weighted by atomic mass is 10.0. The van der Waals surface area contributed by atoms with Crippen LogP contribution in [0.3, 0.4) is 0 Å². The molecule has 0 aliphatic heterocycles. The van der Waals surface area contributed by atoms with E-state index in [1.165, 1.54) is 0 Å². The summed E-state index contributed by atoms with van der Waals surface area (Å²) in [5.74, 6) is -0.445. The number of carbonyl (C=O) groups is 1. The van der Waals surface area contributed by atoms with Crippen molar-refractivity contribution in [3.63, 3.8) is 0 Å². The van der Waals surface area contributed by atoms with E-state index in [1.807, 2.05) is 0 Å². The fourth-order valence-electron chi connectivity index (χ4n) is 1.12. The summed E-state index contributed by atoms with van der Waals surface area (Å²) in [5.41, 5.74) is -0.898. The SMILES string of the molecule is CCOC(=O)C1([C@H](O)C#N)CC1. The molecule has 66 valence electrons. The number of nitriles is 1. The summed E-state index contributed by atoms with van der Waals surface area (Å²) >= 11 is 0. The molecule has 1 rings (SSSR count). The van der Waals surface area contributed by atoms with Gasteiger partial charge in [0.05, 0.1) is 12.7 Å². The Morgan fingerprint density at radius 2 is 2.42 bits per heavy atom. The molecule has 1 aliphatic carbocycles. The normalized spacial score (nSPS) is 20.8. The first kappa shape index (κ1) is 9.01. The molecular weight excluding hydrogens is 158 g/mol. The van der Waals surface area contributed by atoms with E-state index in [4.69, 9.17) is 10.00 Å². The van der Waals surface area contributed by atoms with Crippen molar-refractivity contribution in [2.75, 3.05) is 6.61 Å². The lowest BCUT2D eigenvalue weighted by molar-refractivity contribution is -0.152. The summed E-state index contributed by atoms with van der Waals surface area (Å²) in [6.07, 6.45) is -0.0993. The Morgan fingerprint density at radius 3 is 2.75 bits per heavy atom. The van der Waals surface area contributed by atoms with Gasteiger partial charge in [0, 0.05) is 0 Å². The average molecular weight is 169 g/mol. The van der Waals surface area contributed by atoms with Gasteiger partial charge in [0.15, 0.2) is 6.10 Å². The van der Waals surface area contributed by atoms with Gasteiger partial charge in [-0.3, -0.25) is 4.79 Å². The topological polar surface area (TPSA) is 70.3 Å². The van der Waals surface area contributed by atoms with Crippen LogP contribution in [0.15, 0.2) is 0 Å². The summed E-state index contributed by atoms with van der Waals surface area (Å²) in [5, 5.41) is 17.6. The molecule has 0 aromatic heterocycles. The summed E-state index contributed by atoms with van der Waals surface area (Å²) in [6.45, 7) is 1.99. The molecule has 4 nitrogen and oxygen atoms in total. The van der Waals surface area contributed by atoms with Gasteiger partial charge in [-0.15, -0.1) is 0 Å². The van der Waals surface area contributed by atoms with E-state index in [1.54, 1.807) is 13.0 Å². The highest BCUT2D eigenvalue weighted by molar-refractivity contribution is 5.81. The van der Waals surface area contributed by atoms with Crippen LogP contribution in [-0.2, 0) is 9.53 Å². The van der Waals surface area contributed by atoms with Gasteiger partial charge in [0.2, 0.25) is 0 Å². The zero-order valence-electron chi connectivity index (χ0n) is 6.91. The number of carbonyl (C=O) groups excluding carboxylic acids is 1. The van der Waals surface area contributed by atoms with E-state index in [9.17, 15) is 9.90 Å². The van der Waals surface area contributed by atoms with E-state index < -0.39 is 17.5 Å². The molecule has 1 fully saturated rings. The molecule has 1 N–H and O–H groups in total. The minimum absolute atomic E-state index is 0.290. The van der Waals surface area contributed by atoms with Gasteiger partial charge in [-0.25, -0.2) is 0 Å². The van der Waals surface area contributed by atoms with Gasteiger partial charge in [-0.05, 0) is 19.8 Å². The number of nitrogens with zero attached hydrogens (tertiary/aromatic N) is 1. The van der Waals surface area contributed by atoms with Crippen LogP contribution in [0.1, 0.15) is 19.8 Å². The van der Waals surface area contributed by atoms with Crippen molar-refractivity contribution in [3.05, 3.63) is 0 Å². The van der Waals surface area contributed by atoms with Crippen LogP contribution in [0.4, 0.5) is 0 Å². The van der Waals surface area contributed by atoms with Gasteiger partial charge in [0.1, 0.15) is 5.41 Å². The van der Waals surface area contributed by atoms with Gasteiger partial charge in [-0.2, -0.15) is 5.26 Å². The van der Waals surface area contributed by atoms with Crippen LogP contribution in [0, 0.1) is 16.7 Å². The molecule has 1 atom stereocenters. The zero-order valence-corrected chi connectivity index (χ0v) is 6.91. The second-order valence-electron chi connectivity index (χ2n) is 2.91. The molecule has 0 bridgehead atoms. The van der Waals surface area contributed by atoms with Gasteiger partial charge >= 0.3 is 5.97 Å². The van der Waals surface area contributed by atoms with E-state index in [0.29, 0.717) is 19.4 Å². The first-order valence-electron chi connectivity index (χ1n) is 3.92. The number of hydrogen-bond donors (Lipinski definition) is 1. The van der Waals surface area contributed by atoms with Crippen molar-refractivity contribution in [1.29, 1.82) is 5.26 Å². The second kappa shape index (κ2) is 3.11. The summed E-state index contributed by atoms with van der Waals surface area (Å²) < 4.78 is 4.74. The van der Waals surface area contributed by atoms with Crippen molar-refractivity contribution >= 4 is 5.97 Å². The number of aliphatic hydroxyl groups is 1. The number of aliphatic hydroxyl groups excluding tert-OH is 1. The predicted molar refractivity (Wildman–Crippen MR) is 39.9 cm³/mol. The minimum atomic E-state index is -1.21. The Morgan fingerprint density at radius 1 is 1.83 bits per heavy atom. The summed E-state index contributed by atoms with van der Waals surface area (Å²) in [6, 6.07) is 1.66. The van der Waals surface area contributed by atoms with E-state index in [-0.39, 0.29) is 0 Å². The average Bonchev–Trinajstić information content (AvgIpc) is 2.84. The fourth-order valence-corrected chi connectivity index (χ4v) is 1.12. The highest BCUT2D eigenvalue weighted by atomic mass is 16.5. The summed E-state index contributed by atoms with van der Waals surface area (Å²) in [4.78, 5) is 11.2. The Balaban J connectivity index is 2.61. The third-order valence-electron chi connectivity index (χ3n) is 2.12. The smallest absolute Gasteiger partial charge is 0.315 e. The standard InChI is InChI=1S/C8H11NO3/c1-2-12-7(11)8(3-4-8)6(10)5-9/h6,10H,2-4H2,1H3/t6-/m1/s1. The maximum absolute atomic E-state index is 11.2. The molecule has 4 heteroatoms. The Labute approximate surface area is 70.7 Å². The Bertz CT molecular complexity index is 227. The molecule has 0 spiro atoms. The third kappa shape index (κ3) is 1.28. The molecule has 0 amide bonds. The van der Waals surface area contributed by atoms with Crippen molar-refractivity contribution in [2.45, 2.75) is 25.9 Å². The zero-order chi connectivity index (χ0) is 9.19. The molecule has 0 aromatic carbocycles. The van der Waals surface area contributed by atoms with Crippen LogP contribution in [0.2, 0.25) is 0 Å². The fraction of sp³-hybridized carbons (Fsp3) is 0.750. The lowest BCUT2D eigenvalue weighted by Gasteiger charge is -2.13. The Hall–Kier alpha value is -1.08. The third-order valence-corrected chi connectivity index (χ3v) is 2.12. The molecule has 1 aliphatic rings. The highest BCUT2D eigenvalue weighted by Gasteiger charge is 2.57. The van der Waals surface area contributed by atoms with E-state index in [0.717, 1.165) is 0 Å². The molecule has 1 saturated carbocycles. The van der Waals surface area contributed by atoms with Crippen molar-refractivity contribution in [3.8, 4) is 6.07 Å². The number of ether oxygens (including phenoxy) is 1. The number of esters is 1. The van der Waals surface area contributed by atoms with Crippen LogP contribution in [0.25, 0.3) is 0 Å². The largest absolute Gasteiger partial charge is 0.465 e. The van der Waals surface area contributed by atoms with E-state index in [2.05, 4.69) is 0 Å². The molecular formula is C8H11NO3. The number of rotatable bonds is 3. The van der Waals surface area contributed by atoms with Crippen molar-refractivity contribution < 1.29 is 14.6 Å². The maximum atomic E-state index is 11.2. The first-order valence-corrected chi connectivity index (χ1v) is 3.92. The molecule has 12 heavy (non-hydrogen) atoms. The van der Waals surface area contributed by atoms with Crippen LogP contribution >= 0.6 is 0 Å². The minimum Gasteiger partial charge on any atom is -0.465 e. The first-order chi connectivity index (χ1) is 5.67. The van der Waals surface area contributed by atoms with Crippen LogP contribution in [0.5, 0.6) is 0 Å². The maximum Gasteiger partial charge on any atom is 0.315 e. The lowest BCUT2D eigenvalue weighted by Crippen LogP contribution is -2.30. The van der Waals surface area contributed by atoms with Crippen molar-refractivity contribution in [1.82, 2.24) is 0 Å². The summed E-state index contributed by atoms with van der Waals surface area (Å²) in [7, 11) is 0. The Kier molecular flexibility index (Phi) is 2.34. The highest BCUT2D eigenvalue weighted by Crippen LogP contribution is 2.49. The number of hydrogen-bond acceptors (Lipinski definition) is 4. The van der Waals surface area contributed by atoms with E-state index >= 15 is 0 Å². The predicted octanol–water partition coefficient (Wildman–Crippen LogP) is 0.214. The molecule has 0 radical (unpaired) electrons. The molecule has 0 aromatic rings. The molecule has 0 saturated heterocycles. The van der Waals surface area contributed by atoms with Gasteiger partial charge < -0.3 is 9.84 Å². The second-order valence-corrected chi connectivity index (χ2v) is 2.91. The van der Waals surface area contributed by atoms with Crippen LogP contribution < -0.4 is 0 Å². The molecule has 0 heterocycles. The van der Waals surface area contributed by atoms with Crippen molar-refractivity contribution in [2.24, 2.45) is 5.41 Å². The van der Waals surface area contributed by atoms with Gasteiger partial charge in [-0.1, -0.05) is 0 Å².